The molecule has 2 rings (SSSR count). The predicted octanol–water partition coefficient (Wildman–Crippen LogP) is 0.483. The number of fused-ring (bicyclic) bond motifs is 1. The van der Waals surface area contributed by atoms with Crippen molar-refractivity contribution in [2.75, 3.05) is 12.3 Å². The third-order valence-corrected chi connectivity index (χ3v) is 2.61. The van der Waals surface area contributed by atoms with Crippen molar-refractivity contribution in [1.82, 2.24) is 14.9 Å². The first-order chi connectivity index (χ1) is 7.61. The summed E-state index contributed by atoms with van der Waals surface area (Å²) < 4.78 is 0. The third kappa shape index (κ3) is 1.83. The molecule has 6 nitrogen and oxygen atoms in total. The number of anilines is 1. The van der Waals surface area contributed by atoms with Crippen LogP contribution < -0.4 is 5.73 Å². The lowest BCUT2D eigenvalue weighted by Gasteiger charge is -2.11. The summed E-state index contributed by atoms with van der Waals surface area (Å²) in [5, 5.41) is 9.03. The molecule has 0 spiro atoms. The number of carboxylic acid groups (broad SMARTS) is 1. The fourth-order valence-corrected chi connectivity index (χ4v) is 1.99. The lowest BCUT2D eigenvalue weighted by atomic mass is 10.2. The topological polar surface area (TPSA) is 92.3 Å². The molecule has 0 amide bonds. The zero-order valence-corrected chi connectivity index (χ0v) is 9.10. The summed E-state index contributed by atoms with van der Waals surface area (Å²) in [6, 6.07) is 0. The Hall–Kier alpha value is -1.69. The fourth-order valence-electron chi connectivity index (χ4n) is 1.99. The first-order valence-electron chi connectivity index (χ1n) is 5.22. The minimum atomic E-state index is -1.04. The fraction of sp³-hybridized carbons (Fsp3) is 0.500. The number of aromatic carboxylic acids is 1. The Labute approximate surface area is 93.1 Å². The van der Waals surface area contributed by atoms with Crippen molar-refractivity contribution in [1.29, 1.82) is 0 Å². The SMILES string of the molecule is CCCN1Cc2nc(N)nc(C(=O)O)c2C1. The summed E-state index contributed by atoms with van der Waals surface area (Å²) in [5.74, 6) is -1.00. The van der Waals surface area contributed by atoms with Gasteiger partial charge in [-0.1, -0.05) is 6.92 Å². The predicted molar refractivity (Wildman–Crippen MR) is 57.8 cm³/mol. The molecule has 3 N–H and O–H groups in total. The Balaban J connectivity index is 2.36. The number of hydrogen-bond acceptors (Lipinski definition) is 5. The normalized spacial score (nSPS) is 15.1. The van der Waals surface area contributed by atoms with Crippen LogP contribution >= 0.6 is 0 Å². The molecule has 0 saturated heterocycles. The molecule has 1 aromatic rings. The second-order valence-electron chi connectivity index (χ2n) is 3.87. The molecule has 0 saturated carbocycles. The van der Waals surface area contributed by atoms with Crippen LogP contribution in [-0.2, 0) is 13.1 Å². The van der Waals surface area contributed by atoms with Crippen molar-refractivity contribution in [3.63, 3.8) is 0 Å². The summed E-state index contributed by atoms with van der Waals surface area (Å²) in [5.41, 5.74) is 6.98. The van der Waals surface area contributed by atoms with Gasteiger partial charge in [0, 0.05) is 18.7 Å². The summed E-state index contributed by atoms with van der Waals surface area (Å²) >= 11 is 0. The number of carboxylic acids is 1. The van der Waals surface area contributed by atoms with E-state index in [0.29, 0.717) is 18.7 Å². The molecular formula is C10H14N4O2. The maximum Gasteiger partial charge on any atom is 0.355 e. The van der Waals surface area contributed by atoms with Gasteiger partial charge in [-0.2, -0.15) is 0 Å². The highest BCUT2D eigenvalue weighted by atomic mass is 16.4. The molecule has 1 aliphatic heterocycles. The number of carbonyl (C=O) groups is 1. The van der Waals surface area contributed by atoms with E-state index in [9.17, 15) is 4.79 Å². The van der Waals surface area contributed by atoms with E-state index >= 15 is 0 Å². The van der Waals surface area contributed by atoms with Gasteiger partial charge in [-0.05, 0) is 13.0 Å². The van der Waals surface area contributed by atoms with Crippen molar-refractivity contribution in [2.24, 2.45) is 0 Å². The first-order valence-corrected chi connectivity index (χ1v) is 5.22. The highest BCUT2D eigenvalue weighted by molar-refractivity contribution is 5.87. The summed E-state index contributed by atoms with van der Waals surface area (Å²) in [4.78, 5) is 21.0. The number of rotatable bonds is 3. The molecular weight excluding hydrogens is 208 g/mol. The molecule has 0 aromatic carbocycles. The van der Waals surface area contributed by atoms with Crippen LogP contribution in [0.4, 0.5) is 5.95 Å². The lowest BCUT2D eigenvalue weighted by Crippen LogP contribution is -2.17. The minimum absolute atomic E-state index is 0.0366. The van der Waals surface area contributed by atoms with Crippen LogP contribution in [0.1, 0.15) is 35.1 Å². The molecule has 1 aliphatic rings. The van der Waals surface area contributed by atoms with Crippen LogP contribution in [0.5, 0.6) is 0 Å². The standard InChI is InChI=1S/C10H14N4O2/c1-2-3-14-4-6-7(5-14)12-10(11)13-8(6)9(15)16/h2-5H2,1H3,(H,15,16)(H2,11,12,13). The number of nitrogens with two attached hydrogens (primary N) is 1. The van der Waals surface area contributed by atoms with Gasteiger partial charge in [0.1, 0.15) is 0 Å². The van der Waals surface area contributed by atoms with E-state index in [-0.39, 0.29) is 11.6 Å². The van der Waals surface area contributed by atoms with Gasteiger partial charge in [0.05, 0.1) is 5.69 Å². The quantitative estimate of drug-likeness (QED) is 0.772. The second kappa shape index (κ2) is 4.05. The Morgan fingerprint density at radius 2 is 2.25 bits per heavy atom. The van der Waals surface area contributed by atoms with Crippen molar-refractivity contribution < 1.29 is 9.90 Å². The summed E-state index contributed by atoms with van der Waals surface area (Å²) in [7, 11) is 0. The number of hydrogen-bond donors (Lipinski definition) is 2. The molecule has 86 valence electrons. The van der Waals surface area contributed by atoms with Crippen molar-refractivity contribution >= 4 is 11.9 Å². The van der Waals surface area contributed by atoms with Crippen LogP contribution in [0.2, 0.25) is 0 Å². The highest BCUT2D eigenvalue weighted by Gasteiger charge is 2.26. The van der Waals surface area contributed by atoms with Gasteiger partial charge in [0.2, 0.25) is 5.95 Å². The van der Waals surface area contributed by atoms with Crippen LogP contribution in [-0.4, -0.2) is 32.5 Å². The van der Waals surface area contributed by atoms with Crippen LogP contribution in [0, 0.1) is 0 Å². The van der Waals surface area contributed by atoms with Gasteiger partial charge in [0.15, 0.2) is 5.69 Å². The summed E-state index contributed by atoms with van der Waals surface area (Å²) in [6.07, 6.45) is 1.03. The largest absolute Gasteiger partial charge is 0.476 e. The molecule has 0 bridgehead atoms. The van der Waals surface area contributed by atoms with Crippen LogP contribution in [0.15, 0.2) is 0 Å². The lowest BCUT2D eigenvalue weighted by molar-refractivity contribution is 0.0688. The molecule has 0 fully saturated rings. The molecule has 0 unspecified atom stereocenters. The van der Waals surface area contributed by atoms with Gasteiger partial charge in [-0.25, -0.2) is 14.8 Å². The molecule has 0 aliphatic carbocycles. The average Bonchev–Trinajstić information content (AvgIpc) is 2.59. The summed E-state index contributed by atoms with van der Waals surface area (Å²) in [6.45, 7) is 4.28. The Morgan fingerprint density at radius 1 is 1.50 bits per heavy atom. The third-order valence-electron chi connectivity index (χ3n) is 2.61. The maximum absolute atomic E-state index is 11.0. The molecule has 1 aromatic heterocycles. The average molecular weight is 222 g/mol. The van der Waals surface area contributed by atoms with E-state index in [0.717, 1.165) is 18.7 Å². The van der Waals surface area contributed by atoms with Gasteiger partial charge in [0.25, 0.3) is 0 Å². The Morgan fingerprint density at radius 3 is 2.88 bits per heavy atom. The second-order valence-corrected chi connectivity index (χ2v) is 3.87. The number of aromatic nitrogens is 2. The van der Waals surface area contributed by atoms with Gasteiger partial charge in [-0.15, -0.1) is 0 Å². The van der Waals surface area contributed by atoms with Crippen LogP contribution in [0.3, 0.4) is 0 Å². The van der Waals surface area contributed by atoms with Gasteiger partial charge in [-0.3, -0.25) is 4.90 Å². The smallest absolute Gasteiger partial charge is 0.355 e. The zero-order chi connectivity index (χ0) is 11.7. The van der Waals surface area contributed by atoms with Crippen LogP contribution in [0.25, 0.3) is 0 Å². The molecule has 6 heteroatoms. The highest BCUT2D eigenvalue weighted by Crippen LogP contribution is 2.24. The van der Waals surface area contributed by atoms with Crippen molar-refractivity contribution in [3.8, 4) is 0 Å². The number of nitrogens with zero attached hydrogens (tertiary/aromatic N) is 3. The minimum Gasteiger partial charge on any atom is -0.476 e. The van der Waals surface area contributed by atoms with E-state index < -0.39 is 5.97 Å². The van der Waals surface area contributed by atoms with E-state index in [1.165, 1.54) is 0 Å². The monoisotopic (exact) mass is 222 g/mol. The van der Waals surface area contributed by atoms with Gasteiger partial charge < -0.3 is 10.8 Å². The Bertz CT molecular complexity index is 433. The molecule has 0 atom stereocenters. The molecule has 2 heterocycles. The molecule has 16 heavy (non-hydrogen) atoms. The van der Waals surface area contributed by atoms with E-state index in [1.807, 2.05) is 0 Å². The van der Waals surface area contributed by atoms with E-state index in [1.54, 1.807) is 0 Å². The molecule has 0 radical (unpaired) electrons. The number of nitrogen functional groups attached to an aromatic ring is 1. The van der Waals surface area contributed by atoms with E-state index in [4.69, 9.17) is 10.8 Å². The van der Waals surface area contributed by atoms with Gasteiger partial charge >= 0.3 is 5.97 Å². The van der Waals surface area contributed by atoms with Crippen molar-refractivity contribution in [2.45, 2.75) is 26.4 Å². The Kier molecular flexibility index (Phi) is 2.74. The van der Waals surface area contributed by atoms with Crippen molar-refractivity contribution in [3.05, 3.63) is 17.0 Å². The zero-order valence-electron chi connectivity index (χ0n) is 9.10. The first kappa shape index (κ1) is 10.8. The van der Waals surface area contributed by atoms with E-state index in [2.05, 4.69) is 21.8 Å². The maximum atomic E-state index is 11.0.